The van der Waals surface area contributed by atoms with Crippen LogP contribution in [0.25, 0.3) is 0 Å². The zero-order valence-electron chi connectivity index (χ0n) is 15.2. The smallest absolute Gasteiger partial charge is 0.244 e. The fourth-order valence-corrected chi connectivity index (χ4v) is 3.86. The van der Waals surface area contributed by atoms with E-state index in [4.69, 9.17) is 4.74 Å². The van der Waals surface area contributed by atoms with Crippen LogP contribution in [0.2, 0.25) is 0 Å². The topological polar surface area (TPSA) is 114 Å². The second-order valence-corrected chi connectivity index (χ2v) is 7.15. The Morgan fingerprint density at radius 1 is 1.28 bits per heavy atom. The molecule has 1 atom stereocenters. The van der Waals surface area contributed by atoms with Gasteiger partial charge in [-0.05, 0) is 20.8 Å². The number of aromatic nitrogens is 2. The molecule has 0 aliphatic rings. The first-order chi connectivity index (χ1) is 11.2. The van der Waals surface area contributed by atoms with Crippen molar-refractivity contribution in [2.45, 2.75) is 31.7 Å². The molecule has 3 N–H and O–H groups in total. The van der Waals surface area contributed by atoms with Crippen LogP contribution < -0.4 is 15.4 Å². The number of nitrogens with one attached hydrogen (secondary N) is 3. The van der Waals surface area contributed by atoms with Crippen LogP contribution in [-0.4, -0.2) is 63.5 Å². The molecule has 0 spiro atoms. The lowest BCUT2D eigenvalue weighted by Crippen LogP contribution is -2.46. The van der Waals surface area contributed by atoms with Crippen molar-refractivity contribution in [1.29, 1.82) is 0 Å². The van der Waals surface area contributed by atoms with Crippen molar-refractivity contribution in [3.8, 4) is 0 Å². The average Bonchev–Trinajstić information content (AvgIpc) is 2.75. The van der Waals surface area contributed by atoms with E-state index >= 15 is 0 Å². The first-order valence-electron chi connectivity index (χ1n) is 7.70. The van der Waals surface area contributed by atoms with Crippen LogP contribution >= 0.6 is 12.4 Å². The van der Waals surface area contributed by atoms with E-state index in [-0.39, 0.29) is 23.2 Å². The van der Waals surface area contributed by atoms with Crippen molar-refractivity contribution in [3.63, 3.8) is 0 Å². The molecule has 0 aromatic carbocycles. The Bertz CT molecular complexity index is 662. The molecule has 1 rings (SSSR count). The quantitative estimate of drug-likeness (QED) is 0.457. The summed E-state index contributed by atoms with van der Waals surface area (Å²) in [5, 5.41) is 9.85. The van der Waals surface area contributed by atoms with Gasteiger partial charge >= 0.3 is 0 Å². The van der Waals surface area contributed by atoms with Gasteiger partial charge in [0.15, 0.2) is 0 Å². The van der Waals surface area contributed by atoms with Gasteiger partial charge in [-0.2, -0.15) is 9.82 Å². The number of ether oxygens (including phenoxy) is 1. The third-order valence-electron chi connectivity index (χ3n) is 3.52. The Morgan fingerprint density at radius 3 is 2.44 bits per heavy atom. The molecule has 9 nitrogen and oxygen atoms in total. The normalized spacial score (nSPS) is 12.5. The molecule has 1 unspecified atom stereocenters. The maximum Gasteiger partial charge on any atom is 0.244 e. The summed E-state index contributed by atoms with van der Waals surface area (Å²) >= 11 is 0. The van der Waals surface area contributed by atoms with E-state index in [1.54, 1.807) is 28.0 Å². The molecule has 0 aliphatic carbocycles. The molecule has 146 valence electrons. The van der Waals surface area contributed by atoms with Crippen LogP contribution in [0.4, 0.5) is 0 Å². The first-order valence-corrected chi connectivity index (χ1v) is 9.19. The largest absolute Gasteiger partial charge is 0.383 e. The van der Waals surface area contributed by atoms with Gasteiger partial charge in [0.25, 0.3) is 0 Å². The van der Waals surface area contributed by atoms with Crippen LogP contribution in [0.3, 0.4) is 0 Å². The number of hydrogen-bond donors (Lipinski definition) is 3. The van der Waals surface area contributed by atoms with Gasteiger partial charge in [-0.25, -0.2) is 8.42 Å². The van der Waals surface area contributed by atoms with Crippen molar-refractivity contribution in [2.24, 2.45) is 7.05 Å². The minimum absolute atomic E-state index is 0. The maximum absolute atomic E-state index is 12.5. The van der Waals surface area contributed by atoms with Gasteiger partial charge in [0.1, 0.15) is 4.90 Å². The fourth-order valence-electron chi connectivity index (χ4n) is 2.21. The highest BCUT2D eigenvalue weighted by molar-refractivity contribution is 7.89. The highest BCUT2D eigenvalue weighted by atomic mass is 35.5. The Balaban J connectivity index is 0.00000576. The summed E-state index contributed by atoms with van der Waals surface area (Å²) in [4.78, 5) is 12.1. The van der Waals surface area contributed by atoms with E-state index in [1.165, 1.54) is 11.6 Å². The van der Waals surface area contributed by atoms with Crippen molar-refractivity contribution >= 4 is 28.3 Å². The van der Waals surface area contributed by atoms with Gasteiger partial charge in [0.2, 0.25) is 15.9 Å². The average molecular weight is 398 g/mol. The lowest BCUT2D eigenvalue weighted by molar-refractivity contribution is -0.122. The molecule has 11 heteroatoms. The van der Waals surface area contributed by atoms with Crippen LogP contribution in [0.15, 0.2) is 4.90 Å². The molecule has 0 fully saturated rings. The Hall–Kier alpha value is -1.20. The monoisotopic (exact) mass is 397 g/mol. The van der Waals surface area contributed by atoms with Gasteiger partial charge in [-0.15, -0.1) is 12.4 Å². The summed E-state index contributed by atoms with van der Waals surface area (Å²) in [6, 6.07) is -0.881. The highest BCUT2D eigenvalue weighted by Crippen LogP contribution is 2.18. The number of methoxy groups -OCH3 is 1. The Kier molecular flexibility index (Phi) is 10.2. The summed E-state index contributed by atoms with van der Waals surface area (Å²) in [6.07, 6.45) is 0. The molecule has 0 radical (unpaired) electrons. The lowest BCUT2D eigenvalue weighted by Gasteiger charge is -2.15. The van der Waals surface area contributed by atoms with E-state index in [2.05, 4.69) is 20.5 Å². The standard InChI is InChI=1S/C14H27N5O4S.ClH/c1-10-13(12(3)19(4)17-10)24(21,22)18-11(2)14(20)16-7-6-15-8-9-23-5;/h11,15,18H,6-9H2,1-5H3,(H,16,20);1H. The van der Waals surface area contributed by atoms with Gasteiger partial charge in [-0.3, -0.25) is 9.48 Å². The molecule has 0 saturated carbocycles. The molecule has 0 saturated heterocycles. The van der Waals surface area contributed by atoms with E-state index in [0.29, 0.717) is 37.6 Å². The number of hydrogen-bond acceptors (Lipinski definition) is 6. The van der Waals surface area contributed by atoms with E-state index < -0.39 is 16.1 Å². The third-order valence-corrected chi connectivity index (χ3v) is 5.31. The maximum atomic E-state index is 12.5. The minimum Gasteiger partial charge on any atom is -0.383 e. The van der Waals surface area contributed by atoms with Crippen LogP contribution in [0, 0.1) is 13.8 Å². The van der Waals surface area contributed by atoms with Crippen molar-refractivity contribution < 1.29 is 17.9 Å². The zero-order chi connectivity index (χ0) is 18.3. The minimum atomic E-state index is -3.81. The number of halogens is 1. The first kappa shape index (κ1) is 23.8. The molecular formula is C14H28ClN5O4S. The lowest BCUT2D eigenvalue weighted by atomic mass is 10.3. The molecular weight excluding hydrogens is 370 g/mol. The Morgan fingerprint density at radius 2 is 1.92 bits per heavy atom. The van der Waals surface area contributed by atoms with Crippen molar-refractivity contribution in [1.82, 2.24) is 25.1 Å². The number of sulfonamides is 1. The fraction of sp³-hybridized carbons (Fsp3) is 0.714. The molecule has 1 amide bonds. The van der Waals surface area contributed by atoms with Gasteiger partial charge in [-0.1, -0.05) is 0 Å². The number of carbonyl (C=O) groups is 1. The second-order valence-electron chi connectivity index (χ2n) is 5.50. The Labute approximate surface area is 155 Å². The van der Waals surface area contributed by atoms with Crippen LogP contribution in [0.5, 0.6) is 0 Å². The summed E-state index contributed by atoms with van der Waals surface area (Å²) in [5.41, 5.74) is 0.924. The van der Waals surface area contributed by atoms with Crippen molar-refractivity contribution in [2.75, 3.05) is 33.4 Å². The number of nitrogens with zero attached hydrogens (tertiary/aromatic N) is 2. The molecule has 25 heavy (non-hydrogen) atoms. The summed E-state index contributed by atoms with van der Waals surface area (Å²) in [6.45, 7) is 7.06. The third kappa shape index (κ3) is 6.90. The molecule has 1 aromatic rings. The zero-order valence-corrected chi connectivity index (χ0v) is 16.9. The second kappa shape index (κ2) is 10.7. The number of aryl methyl sites for hydroxylation is 2. The number of rotatable bonds is 10. The number of carbonyl (C=O) groups excluding carboxylic acids is 1. The van der Waals surface area contributed by atoms with E-state index in [9.17, 15) is 13.2 Å². The molecule has 0 bridgehead atoms. The SMILES string of the molecule is COCCNCCNC(=O)C(C)NS(=O)(=O)c1c(C)nn(C)c1C.Cl. The molecule has 1 aromatic heterocycles. The summed E-state index contributed by atoms with van der Waals surface area (Å²) in [5.74, 6) is -0.383. The number of amides is 1. The molecule has 1 heterocycles. The predicted octanol–water partition coefficient (Wildman–Crippen LogP) is -0.522. The van der Waals surface area contributed by atoms with Crippen molar-refractivity contribution in [3.05, 3.63) is 11.4 Å². The summed E-state index contributed by atoms with van der Waals surface area (Å²) in [7, 11) is -0.525. The predicted molar refractivity (Wildman–Crippen MR) is 97.5 cm³/mol. The van der Waals surface area contributed by atoms with Gasteiger partial charge < -0.3 is 15.4 Å². The summed E-state index contributed by atoms with van der Waals surface area (Å²) < 4.78 is 33.7. The van der Waals surface area contributed by atoms with E-state index in [1.807, 2.05) is 0 Å². The van der Waals surface area contributed by atoms with Crippen LogP contribution in [0.1, 0.15) is 18.3 Å². The van der Waals surface area contributed by atoms with Crippen LogP contribution in [-0.2, 0) is 26.6 Å². The van der Waals surface area contributed by atoms with Gasteiger partial charge in [0.05, 0.1) is 24.0 Å². The van der Waals surface area contributed by atoms with Gasteiger partial charge in [0, 0.05) is 33.8 Å². The highest BCUT2D eigenvalue weighted by Gasteiger charge is 2.27. The van der Waals surface area contributed by atoms with E-state index in [0.717, 1.165) is 0 Å². The molecule has 0 aliphatic heterocycles.